The van der Waals surface area contributed by atoms with Gasteiger partial charge < -0.3 is 10.1 Å². The summed E-state index contributed by atoms with van der Waals surface area (Å²) in [4.78, 5) is 11.8. The van der Waals surface area contributed by atoms with Crippen LogP contribution in [-0.2, 0) is 15.7 Å². The average Bonchev–Trinajstić information content (AvgIpc) is 2.28. The van der Waals surface area contributed by atoms with Crippen molar-refractivity contribution in [2.24, 2.45) is 0 Å². The molecular weight excluding hydrogens is 283 g/mol. The van der Waals surface area contributed by atoms with Gasteiger partial charge in [-0.3, -0.25) is 0 Å². The molecule has 0 aromatic heterocycles. The Kier molecular flexibility index (Phi) is 4.91. The van der Waals surface area contributed by atoms with Crippen LogP contribution in [0.25, 0.3) is 0 Å². The number of nitrogens with one attached hydrogen (secondary N) is 1. The molecular formula is C15H20F3NO2. The highest BCUT2D eigenvalue weighted by molar-refractivity contribution is 5.79. The highest BCUT2D eigenvalue weighted by atomic mass is 19.4. The number of halogens is 3. The van der Waals surface area contributed by atoms with Gasteiger partial charge in [-0.1, -0.05) is 6.07 Å². The summed E-state index contributed by atoms with van der Waals surface area (Å²) in [6.07, 6.45) is -4.42. The summed E-state index contributed by atoms with van der Waals surface area (Å²) in [6, 6.07) is 2.63. The molecule has 0 radical (unpaired) electrons. The molecule has 0 fully saturated rings. The summed E-state index contributed by atoms with van der Waals surface area (Å²) in [5, 5.41) is 2.77. The number of carbonyl (C=O) groups is 1. The Morgan fingerprint density at radius 3 is 2.29 bits per heavy atom. The predicted molar refractivity (Wildman–Crippen MR) is 75.1 cm³/mol. The van der Waals surface area contributed by atoms with Gasteiger partial charge >= 0.3 is 12.1 Å². The van der Waals surface area contributed by atoms with E-state index >= 15 is 0 Å². The SMILES string of the molecule is Cc1ccc(C(F)(F)F)cc1NC(C)C(=O)OC(C)(C)C. The van der Waals surface area contributed by atoms with Crippen LogP contribution in [0.2, 0.25) is 0 Å². The lowest BCUT2D eigenvalue weighted by atomic mass is 10.1. The van der Waals surface area contributed by atoms with Crippen molar-refractivity contribution in [3.05, 3.63) is 29.3 Å². The molecule has 0 bridgehead atoms. The van der Waals surface area contributed by atoms with E-state index in [2.05, 4.69) is 5.32 Å². The van der Waals surface area contributed by atoms with Gasteiger partial charge in [0.15, 0.2) is 0 Å². The molecule has 1 aromatic carbocycles. The number of carbonyl (C=O) groups excluding carboxylic acids is 1. The lowest BCUT2D eigenvalue weighted by Crippen LogP contribution is -2.34. The molecule has 0 aliphatic heterocycles. The van der Waals surface area contributed by atoms with E-state index in [9.17, 15) is 18.0 Å². The highest BCUT2D eigenvalue weighted by Gasteiger charge is 2.31. The average molecular weight is 303 g/mol. The molecule has 6 heteroatoms. The lowest BCUT2D eigenvalue weighted by molar-refractivity contribution is -0.155. The number of alkyl halides is 3. The zero-order valence-corrected chi connectivity index (χ0v) is 12.8. The molecule has 0 saturated carbocycles. The number of rotatable bonds is 3. The fraction of sp³-hybridized carbons (Fsp3) is 0.533. The predicted octanol–water partition coefficient (Wildman–Crippen LogP) is 4.16. The van der Waals surface area contributed by atoms with Gasteiger partial charge in [-0.15, -0.1) is 0 Å². The Morgan fingerprint density at radius 1 is 1.24 bits per heavy atom. The molecule has 0 aliphatic carbocycles. The Balaban J connectivity index is 2.90. The van der Waals surface area contributed by atoms with Crippen molar-refractivity contribution in [2.75, 3.05) is 5.32 Å². The van der Waals surface area contributed by atoms with Gasteiger partial charge in [0, 0.05) is 5.69 Å². The highest BCUT2D eigenvalue weighted by Crippen LogP contribution is 2.32. The number of hydrogen-bond acceptors (Lipinski definition) is 3. The van der Waals surface area contributed by atoms with E-state index < -0.39 is 29.4 Å². The van der Waals surface area contributed by atoms with E-state index in [4.69, 9.17) is 4.74 Å². The Bertz CT molecular complexity index is 519. The minimum atomic E-state index is -4.42. The minimum absolute atomic E-state index is 0.267. The molecule has 1 aromatic rings. The summed E-state index contributed by atoms with van der Waals surface area (Å²) in [5.74, 6) is -0.515. The second-order valence-electron chi connectivity index (χ2n) is 5.93. The molecule has 1 rings (SSSR count). The van der Waals surface area contributed by atoms with Crippen LogP contribution < -0.4 is 5.32 Å². The maximum Gasteiger partial charge on any atom is 0.416 e. The maximum atomic E-state index is 12.7. The Morgan fingerprint density at radius 2 is 1.81 bits per heavy atom. The third-order valence-electron chi connectivity index (χ3n) is 2.70. The van der Waals surface area contributed by atoms with E-state index in [1.54, 1.807) is 34.6 Å². The Labute approximate surface area is 122 Å². The summed E-state index contributed by atoms with van der Waals surface area (Å²) >= 11 is 0. The molecule has 118 valence electrons. The van der Waals surface area contributed by atoms with Crippen molar-refractivity contribution < 1.29 is 22.7 Å². The number of benzene rings is 1. The van der Waals surface area contributed by atoms with Crippen LogP contribution in [0, 0.1) is 6.92 Å². The smallest absolute Gasteiger partial charge is 0.416 e. The fourth-order valence-electron chi connectivity index (χ4n) is 1.64. The molecule has 0 saturated heterocycles. The van der Waals surface area contributed by atoms with Crippen molar-refractivity contribution in [2.45, 2.75) is 52.4 Å². The van der Waals surface area contributed by atoms with Crippen LogP contribution in [0.5, 0.6) is 0 Å². The minimum Gasteiger partial charge on any atom is -0.458 e. The van der Waals surface area contributed by atoms with Crippen molar-refractivity contribution in [3.63, 3.8) is 0 Å². The monoisotopic (exact) mass is 303 g/mol. The van der Waals surface area contributed by atoms with E-state index in [1.807, 2.05) is 0 Å². The van der Waals surface area contributed by atoms with E-state index in [0.717, 1.165) is 12.1 Å². The number of aryl methyl sites for hydroxylation is 1. The van der Waals surface area contributed by atoms with E-state index in [-0.39, 0.29) is 5.69 Å². The van der Waals surface area contributed by atoms with Gasteiger partial charge in [0.2, 0.25) is 0 Å². The van der Waals surface area contributed by atoms with E-state index in [1.165, 1.54) is 6.07 Å². The van der Waals surface area contributed by atoms with Crippen molar-refractivity contribution in [1.82, 2.24) is 0 Å². The van der Waals surface area contributed by atoms with Crippen LogP contribution in [-0.4, -0.2) is 17.6 Å². The summed E-state index contributed by atoms with van der Waals surface area (Å²) in [6.45, 7) is 8.41. The largest absolute Gasteiger partial charge is 0.458 e. The third-order valence-corrected chi connectivity index (χ3v) is 2.70. The molecule has 0 spiro atoms. The van der Waals surface area contributed by atoms with Crippen LogP contribution in [0.15, 0.2) is 18.2 Å². The zero-order valence-electron chi connectivity index (χ0n) is 12.8. The number of hydrogen-bond donors (Lipinski definition) is 1. The first kappa shape index (κ1) is 17.3. The van der Waals surface area contributed by atoms with Crippen LogP contribution in [0.1, 0.15) is 38.8 Å². The first-order valence-corrected chi connectivity index (χ1v) is 6.57. The third kappa shape index (κ3) is 5.28. The van der Waals surface area contributed by atoms with Gasteiger partial charge in [0.05, 0.1) is 5.56 Å². The molecule has 0 aliphatic rings. The molecule has 1 N–H and O–H groups in total. The summed E-state index contributed by atoms with van der Waals surface area (Å²) < 4.78 is 43.3. The summed E-state index contributed by atoms with van der Waals surface area (Å²) in [5.41, 5.74) is -0.510. The number of anilines is 1. The fourth-order valence-corrected chi connectivity index (χ4v) is 1.64. The van der Waals surface area contributed by atoms with Crippen LogP contribution in [0.3, 0.4) is 0 Å². The molecule has 0 amide bonds. The first-order valence-electron chi connectivity index (χ1n) is 6.57. The molecule has 3 nitrogen and oxygen atoms in total. The van der Waals surface area contributed by atoms with Gasteiger partial charge in [0.1, 0.15) is 11.6 Å². The van der Waals surface area contributed by atoms with Gasteiger partial charge in [-0.2, -0.15) is 13.2 Å². The first-order chi connectivity index (χ1) is 9.40. The van der Waals surface area contributed by atoms with Gasteiger partial charge in [0.25, 0.3) is 0 Å². The van der Waals surface area contributed by atoms with Gasteiger partial charge in [-0.05, 0) is 52.3 Å². The second-order valence-corrected chi connectivity index (χ2v) is 5.93. The molecule has 1 atom stereocenters. The quantitative estimate of drug-likeness (QED) is 0.852. The number of esters is 1. The lowest BCUT2D eigenvalue weighted by Gasteiger charge is -2.24. The zero-order chi connectivity index (χ0) is 16.4. The molecule has 1 unspecified atom stereocenters. The van der Waals surface area contributed by atoms with Crippen molar-refractivity contribution >= 4 is 11.7 Å². The van der Waals surface area contributed by atoms with Gasteiger partial charge in [-0.25, -0.2) is 4.79 Å². The van der Waals surface area contributed by atoms with Crippen molar-refractivity contribution in [3.8, 4) is 0 Å². The normalized spacial score (nSPS) is 13.7. The number of ether oxygens (including phenoxy) is 1. The Hall–Kier alpha value is -1.72. The van der Waals surface area contributed by atoms with Crippen molar-refractivity contribution in [1.29, 1.82) is 0 Å². The standard InChI is InChI=1S/C15H20F3NO2/c1-9-6-7-11(15(16,17)18)8-12(9)19-10(2)13(20)21-14(3,4)5/h6-8,10,19H,1-5H3. The summed E-state index contributed by atoms with van der Waals surface area (Å²) in [7, 11) is 0. The van der Waals surface area contributed by atoms with E-state index in [0.29, 0.717) is 5.56 Å². The molecule has 0 heterocycles. The second kappa shape index (κ2) is 5.95. The van der Waals surface area contributed by atoms with Crippen LogP contribution in [0.4, 0.5) is 18.9 Å². The maximum absolute atomic E-state index is 12.7. The topological polar surface area (TPSA) is 38.3 Å². The van der Waals surface area contributed by atoms with Crippen LogP contribution >= 0.6 is 0 Å². The molecule has 21 heavy (non-hydrogen) atoms.